The van der Waals surface area contributed by atoms with Crippen molar-refractivity contribution in [3.05, 3.63) is 46.5 Å². The summed E-state index contributed by atoms with van der Waals surface area (Å²) in [7, 11) is 3.95. The molecule has 136 valence electrons. The molecule has 0 amide bonds. The number of rotatable bonds is 7. The number of nitrogens with one attached hydrogen (secondary N) is 2. The van der Waals surface area contributed by atoms with Gasteiger partial charge < -0.3 is 20.6 Å². The van der Waals surface area contributed by atoms with Crippen molar-refractivity contribution < 1.29 is 5.11 Å². The predicted octanol–water partition coefficient (Wildman–Crippen LogP) is 2.31. The van der Waals surface area contributed by atoms with Gasteiger partial charge in [-0.25, -0.2) is 9.98 Å². The smallest absolute Gasteiger partial charge is 0.191 e. The van der Waals surface area contributed by atoms with Crippen LogP contribution in [0.25, 0.3) is 0 Å². The molecule has 6 nitrogen and oxygen atoms in total. The van der Waals surface area contributed by atoms with Crippen molar-refractivity contribution in [1.29, 1.82) is 0 Å². The second-order valence-electron chi connectivity index (χ2n) is 6.02. The van der Waals surface area contributed by atoms with Crippen molar-refractivity contribution in [3.63, 3.8) is 0 Å². The van der Waals surface area contributed by atoms with Gasteiger partial charge >= 0.3 is 0 Å². The number of nitrogens with zero attached hydrogens (tertiary/aromatic N) is 3. The Hall–Kier alpha value is -2.12. The molecule has 2 aromatic rings. The minimum atomic E-state index is -0.580. The Morgan fingerprint density at radius 3 is 2.60 bits per heavy atom. The van der Waals surface area contributed by atoms with Crippen LogP contribution in [0.1, 0.15) is 29.8 Å². The van der Waals surface area contributed by atoms with E-state index in [1.807, 2.05) is 62.5 Å². The molecule has 0 aliphatic rings. The van der Waals surface area contributed by atoms with Gasteiger partial charge in [0.25, 0.3) is 0 Å². The molecule has 25 heavy (non-hydrogen) atoms. The highest BCUT2D eigenvalue weighted by atomic mass is 32.1. The number of aromatic nitrogens is 1. The van der Waals surface area contributed by atoms with Crippen molar-refractivity contribution in [2.75, 3.05) is 32.1 Å². The van der Waals surface area contributed by atoms with Gasteiger partial charge in [-0.05, 0) is 19.4 Å². The van der Waals surface area contributed by atoms with Gasteiger partial charge in [-0.2, -0.15) is 0 Å². The second kappa shape index (κ2) is 9.39. The standard InChI is InChI=1S/C18H27N5OS/c1-5-19-17(20-10-15-12-25-18(22-15)23(3)4)21-11-16(24)14-8-6-13(2)7-9-14/h6-9,12,16,24H,5,10-11H2,1-4H3,(H2,19,20,21). The third-order valence-corrected chi connectivity index (χ3v) is 4.65. The number of guanidine groups is 1. The molecule has 2 rings (SSSR count). The van der Waals surface area contributed by atoms with Crippen LogP contribution in [0.5, 0.6) is 0 Å². The summed E-state index contributed by atoms with van der Waals surface area (Å²) < 4.78 is 0. The molecule has 0 aliphatic carbocycles. The first-order valence-corrected chi connectivity index (χ1v) is 9.26. The Bertz CT molecular complexity index is 681. The monoisotopic (exact) mass is 361 g/mol. The SMILES string of the molecule is CCNC(=NCc1csc(N(C)C)n1)NCC(O)c1ccc(C)cc1. The first-order chi connectivity index (χ1) is 12.0. The van der Waals surface area contributed by atoms with E-state index < -0.39 is 6.10 Å². The summed E-state index contributed by atoms with van der Waals surface area (Å²) in [6, 6.07) is 7.90. The molecule has 1 heterocycles. The fraction of sp³-hybridized carbons (Fsp3) is 0.444. The molecule has 0 radical (unpaired) electrons. The molecule has 0 spiro atoms. The molecule has 1 aromatic heterocycles. The maximum Gasteiger partial charge on any atom is 0.191 e. The lowest BCUT2D eigenvalue weighted by Gasteiger charge is -2.15. The number of aryl methyl sites for hydroxylation is 1. The van der Waals surface area contributed by atoms with Crippen LogP contribution >= 0.6 is 11.3 Å². The number of aliphatic hydroxyl groups excluding tert-OH is 1. The van der Waals surface area contributed by atoms with Crippen LogP contribution < -0.4 is 15.5 Å². The first kappa shape index (κ1) is 19.2. The highest BCUT2D eigenvalue weighted by Gasteiger charge is 2.09. The topological polar surface area (TPSA) is 72.8 Å². The van der Waals surface area contributed by atoms with E-state index in [2.05, 4.69) is 20.6 Å². The summed E-state index contributed by atoms with van der Waals surface area (Å²) >= 11 is 1.60. The van der Waals surface area contributed by atoms with Crippen molar-refractivity contribution >= 4 is 22.4 Å². The van der Waals surface area contributed by atoms with E-state index in [9.17, 15) is 5.11 Å². The Balaban J connectivity index is 1.93. The fourth-order valence-electron chi connectivity index (χ4n) is 2.18. The summed E-state index contributed by atoms with van der Waals surface area (Å²) in [6.45, 7) is 5.70. The number of benzene rings is 1. The highest BCUT2D eigenvalue weighted by molar-refractivity contribution is 7.13. The molecular weight excluding hydrogens is 334 g/mol. The van der Waals surface area contributed by atoms with Gasteiger partial charge in [0.05, 0.1) is 18.3 Å². The summed E-state index contributed by atoms with van der Waals surface area (Å²) in [6.07, 6.45) is -0.580. The van der Waals surface area contributed by atoms with Crippen LogP contribution in [0.15, 0.2) is 34.6 Å². The zero-order valence-corrected chi connectivity index (χ0v) is 16.1. The van der Waals surface area contributed by atoms with Crippen LogP contribution in [0.4, 0.5) is 5.13 Å². The van der Waals surface area contributed by atoms with E-state index in [4.69, 9.17) is 0 Å². The van der Waals surface area contributed by atoms with Crippen LogP contribution in [0.3, 0.4) is 0 Å². The molecule has 1 aromatic carbocycles. The van der Waals surface area contributed by atoms with E-state index in [1.165, 1.54) is 5.56 Å². The molecule has 0 aliphatic heterocycles. The number of hydrogen-bond donors (Lipinski definition) is 3. The molecule has 1 unspecified atom stereocenters. The Morgan fingerprint density at radius 2 is 2.00 bits per heavy atom. The zero-order chi connectivity index (χ0) is 18.2. The van der Waals surface area contributed by atoms with Gasteiger partial charge in [0.15, 0.2) is 11.1 Å². The first-order valence-electron chi connectivity index (χ1n) is 8.38. The van der Waals surface area contributed by atoms with Gasteiger partial charge in [0, 0.05) is 32.6 Å². The van der Waals surface area contributed by atoms with Crippen LogP contribution in [0.2, 0.25) is 0 Å². The maximum absolute atomic E-state index is 10.3. The Kier molecular flexibility index (Phi) is 7.21. The van der Waals surface area contributed by atoms with Crippen LogP contribution in [-0.4, -0.2) is 43.2 Å². The summed E-state index contributed by atoms with van der Waals surface area (Å²) in [5, 5.41) is 19.7. The quantitative estimate of drug-likeness (QED) is 0.521. The number of anilines is 1. The molecule has 1 atom stereocenters. The van der Waals surface area contributed by atoms with E-state index in [0.29, 0.717) is 19.0 Å². The summed E-state index contributed by atoms with van der Waals surface area (Å²) in [5.41, 5.74) is 3.01. The molecule has 0 bridgehead atoms. The molecular formula is C18H27N5OS. The van der Waals surface area contributed by atoms with Crippen LogP contribution in [-0.2, 0) is 6.54 Å². The molecule has 7 heteroatoms. The minimum absolute atomic E-state index is 0.398. The van der Waals surface area contributed by atoms with Gasteiger partial charge in [0.1, 0.15) is 0 Å². The zero-order valence-electron chi connectivity index (χ0n) is 15.3. The molecule has 0 fully saturated rings. The number of hydrogen-bond acceptors (Lipinski definition) is 5. The highest BCUT2D eigenvalue weighted by Crippen LogP contribution is 2.18. The van der Waals surface area contributed by atoms with Gasteiger partial charge in [-0.3, -0.25) is 0 Å². The van der Waals surface area contributed by atoms with E-state index in [1.54, 1.807) is 11.3 Å². The van der Waals surface area contributed by atoms with E-state index in [-0.39, 0.29) is 0 Å². The van der Waals surface area contributed by atoms with Gasteiger partial charge in [0.2, 0.25) is 0 Å². The Morgan fingerprint density at radius 1 is 1.28 bits per heavy atom. The lowest BCUT2D eigenvalue weighted by Crippen LogP contribution is -2.39. The largest absolute Gasteiger partial charge is 0.387 e. The van der Waals surface area contributed by atoms with Crippen molar-refractivity contribution in [3.8, 4) is 0 Å². The number of thiazole rings is 1. The lowest BCUT2D eigenvalue weighted by atomic mass is 10.1. The third-order valence-electron chi connectivity index (χ3n) is 3.59. The lowest BCUT2D eigenvalue weighted by molar-refractivity contribution is 0.181. The van der Waals surface area contributed by atoms with E-state index in [0.717, 1.165) is 22.9 Å². The number of aliphatic hydroxyl groups is 1. The maximum atomic E-state index is 10.3. The molecule has 0 saturated heterocycles. The molecule has 3 N–H and O–H groups in total. The van der Waals surface area contributed by atoms with Gasteiger partial charge in [-0.1, -0.05) is 29.8 Å². The van der Waals surface area contributed by atoms with Crippen molar-refractivity contribution in [1.82, 2.24) is 15.6 Å². The summed E-state index contributed by atoms with van der Waals surface area (Å²) in [5.74, 6) is 0.674. The third kappa shape index (κ3) is 6.03. The second-order valence-corrected chi connectivity index (χ2v) is 6.85. The normalized spacial score (nSPS) is 12.8. The van der Waals surface area contributed by atoms with Crippen molar-refractivity contribution in [2.45, 2.75) is 26.5 Å². The summed E-state index contributed by atoms with van der Waals surface area (Å²) in [4.78, 5) is 11.1. The average molecular weight is 362 g/mol. The number of aliphatic imine (C=N–C) groups is 1. The fourth-order valence-corrected chi connectivity index (χ4v) is 2.93. The van der Waals surface area contributed by atoms with E-state index >= 15 is 0 Å². The average Bonchev–Trinajstić information content (AvgIpc) is 3.07. The Labute approximate surface area is 153 Å². The molecule has 0 saturated carbocycles. The van der Waals surface area contributed by atoms with Crippen LogP contribution in [0, 0.1) is 6.92 Å². The van der Waals surface area contributed by atoms with Gasteiger partial charge in [-0.15, -0.1) is 11.3 Å². The minimum Gasteiger partial charge on any atom is -0.387 e. The predicted molar refractivity (Wildman–Crippen MR) is 105 cm³/mol. The van der Waals surface area contributed by atoms with Crippen molar-refractivity contribution in [2.24, 2.45) is 4.99 Å².